The normalized spacial score (nSPS) is 13.2. The van der Waals surface area contributed by atoms with Gasteiger partial charge in [-0.05, 0) is 56.1 Å². The predicted molar refractivity (Wildman–Crippen MR) is 88.2 cm³/mol. The highest BCUT2D eigenvalue weighted by atomic mass is 79.9. The summed E-state index contributed by atoms with van der Waals surface area (Å²) in [4.78, 5) is 3.30. The number of nitrogens with zero attached hydrogens (tertiary/aromatic N) is 1. The Morgan fingerprint density at radius 2 is 1.84 bits per heavy atom. The summed E-state index contributed by atoms with van der Waals surface area (Å²) < 4.78 is 4.12. The van der Waals surface area contributed by atoms with Crippen molar-refractivity contribution in [2.24, 2.45) is 5.41 Å². The lowest BCUT2D eigenvalue weighted by Crippen LogP contribution is -2.31. The highest BCUT2D eigenvalue weighted by Gasteiger charge is 2.29. The van der Waals surface area contributed by atoms with Gasteiger partial charge in [-0.3, -0.25) is 0 Å². The molecule has 2 rings (SSSR count). The lowest BCUT2D eigenvalue weighted by molar-refractivity contribution is 0.217. The van der Waals surface area contributed by atoms with E-state index in [1.54, 1.807) is 0 Å². The summed E-state index contributed by atoms with van der Waals surface area (Å²) in [6, 6.07) is 6.24. The van der Waals surface area contributed by atoms with Gasteiger partial charge in [-0.1, -0.05) is 36.7 Å². The Kier molecular flexibility index (Phi) is 3.69. The fourth-order valence-electron chi connectivity index (χ4n) is 3.05. The van der Waals surface area contributed by atoms with E-state index >= 15 is 0 Å². The van der Waals surface area contributed by atoms with Crippen molar-refractivity contribution in [3.05, 3.63) is 27.4 Å². The standard InChI is InChI=1S/C15H21BrN2S/c1-14(2,3)9-15(4,5)18-12-8-10(16)6-7-11(12)17-13(18)19/h6-8H,9H2,1-5H3,(H,17,19). The molecule has 0 amide bonds. The van der Waals surface area contributed by atoms with Gasteiger partial charge in [0.15, 0.2) is 4.77 Å². The molecule has 0 saturated carbocycles. The second-order valence-electron chi connectivity index (χ2n) is 6.98. The highest BCUT2D eigenvalue weighted by Crippen LogP contribution is 2.35. The van der Waals surface area contributed by atoms with Crippen LogP contribution in [-0.4, -0.2) is 9.55 Å². The Morgan fingerprint density at radius 3 is 2.42 bits per heavy atom. The second kappa shape index (κ2) is 4.74. The largest absolute Gasteiger partial charge is 0.331 e. The number of hydrogen-bond donors (Lipinski definition) is 1. The molecule has 1 N–H and O–H groups in total. The Hall–Kier alpha value is -0.610. The summed E-state index contributed by atoms with van der Waals surface area (Å²) in [5.41, 5.74) is 2.49. The molecule has 0 radical (unpaired) electrons. The van der Waals surface area contributed by atoms with Crippen molar-refractivity contribution in [2.45, 2.75) is 46.6 Å². The minimum Gasteiger partial charge on any atom is -0.331 e. The molecule has 4 heteroatoms. The number of imidazole rings is 1. The van der Waals surface area contributed by atoms with Crippen molar-refractivity contribution >= 4 is 39.2 Å². The Bertz CT molecular complexity index is 659. The molecule has 0 atom stereocenters. The van der Waals surface area contributed by atoms with E-state index in [-0.39, 0.29) is 11.0 Å². The average molecular weight is 341 g/mol. The van der Waals surface area contributed by atoms with Gasteiger partial charge >= 0.3 is 0 Å². The van der Waals surface area contributed by atoms with Crippen molar-refractivity contribution in [1.82, 2.24) is 9.55 Å². The number of aromatic amines is 1. The molecule has 104 valence electrons. The molecule has 0 saturated heterocycles. The minimum absolute atomic E-state index is 0.0195. The van der Waals surface area contributed by atoms with Gasteiger partial charge in [-0.25, -0.2) is 0 Å². The molecule has 0 fully saturated rings. The number of benzene rings is 1. The van der Waals surface area contributed by atoms with Crippen LogP contribution in [-0.2, 0) is 5.54 Å². The summed E-state index contributed by atoms with van der Waals surface area (Å²) in [7, 11) is 0. The minimum atomic E-state index is -0.0195. The summed E-state index contributed by atoms with van der Waals surface area (Å²) in [6.07, 6.45) is 1.06. The van der Waals surface area contributed by atoms with Crippen molar-refractivity contribution in [3.8, 4) is 0 Å². The maximum atomic E-state index is 5.53. The van der Waals surface area contributed by atoms with E-state index in [9.17, 15) is 0 Å². The van der Waals surface area contributed by atoms with Crippen LogP contribution < -0.4 is 0 Å². The number of fused-ring (bicyclic) bond motifs is 1. The van der Waals surface area contributed by atoms with E-state index < -0.39 is 0 Å². The maximum Gasteiger partial charge on any atom is 0.178 e. The number of nitrogens with one attached hydrogen (secondary N) is 1. The summed E-state index contributed by atoms with van der Waals surface area (Å²) >= 11 is 9.07. The fraction of sp³-hybridized carbons (Fsp3) is 0.533. The van der Waals surface area contributed by atoms with Crippen molar-refractivity contribution in [2.75, 3.05) is 0 Å². The molecule has 0 aliphatic carbocycles. The van der Waals surface area contributed by atoms with Crippen LogP contribution in [0.1, 0.15) is 41.0 Å². The van der Waals surface area contributed by atoms with Gasteiger partial charge in [0, 0.05) is 10.0 Å². The van der Waals surface area contributed by atoms with Crippen molar-refractivity contribution < 1.29 is 0 Å². The molecule has 1 aromatic carbocycles. The average Bonchev–Trinajstić information content (AvgIpc) is 2.49. The highest BCUT2D eigenvalue weighted by molar-refractivity contribution is 9.10. The van der Waals surface area contributed by atoms with Gasteiger partial charge in [0.2, 0.25) is 0 Å². The van der Waals surface area contributed by atoms with Gasteiger partial charge in [0.05, 0.1) is 11.0 Å². The lowest BCUT2D eigenvalue weighted by Gasteiger charge is -2.34. The monoisotopic (exact) mass is 340 g/mol. The first-order valence-corrected chi connectivity index (χ1v) is 7.71. The van der Waals surface area contributed by atoms with Gasteiger partial charge < -0.3 is 9.55 Å². The van der Waals surface area contributed by atoms with Crippen molar-refractivity contribution in [3.63, 3.8) is 0 Å². The molecular weight excluding hydrogens is 320 g/mol. The van der Waals surface area contributed by atoms with Crippen LogP contribution in [0.15, 0.2) is 22.7 Å². The fourth-order valence-corrected chi connectivity index (χ4v) is 3.86. The molecule has 1 heterocycles. The van der Waals surface area contributed by atoms with Crippen LogP contribution in [0.3, 0.4) is 0 Å². The molecule has 0 spiro atoms. The smallest absolute Gasteiger partial charge is 0.178 e. The summed E-state index contributed by atoms with van der Waals surface area (Å²) in [5.74, 6) is 0. The SMILES string of the molecule is CC(C)(C)CC(C)(C)n1c(=S)[nH]c2ccc(Br)cc21. The zero-order valence-corrected chi connectivity index (χ0v) is 14.6. The third kappa shape index (κ3) is 3.11. The van der Waals surface area contributed by atoms with Crippen LogP contribution in [0.5, 0.6) is 0 Å². The first-order chi connectivity index (χ1) is 8.60. The molecule has 2 aromatic rings. The number of aromatic nitrogens is 2. The van der Waals surface area contributed by atoms with E-state index in [4.69, 9.17) is 12.2 Å². The van der Waals surface area contributed by atoms with Crippen LogP contribution in [0.25, 0.3) is 11.0 Å². The first kappa shape index (κ1) is 14.8. The molecule has 0 bridgehead atoms. The number of rotatable bonds is 2. The van der Waals surface area contributed by atoms with Crippen molar-refractivity contribution in [1.29, 1.82) is 0 Å². The molecule has 0 aliphatic rings. The van der Waals surface area contributed by atoms with Crippen LogP contribution in [0.2, 0.25) is 0 Å². The van der Waals surface area contributed by atoms with Crippen LogP contribution in [0.4, 0.5) is 0 Å². The van der Waals surface area contributed by atoms with Gasteiger partial charge in [-0.15, -0.1) is 0 Å². The van der Waals surface area contributed by atoms with E-state index in [0.717, 1.165) is 26.7 Å². The zero-order valence-electron chi connectivity index (χ0n) is 12.2. The zero-order chi connectivity index (χ0) is 14.4. The lowest BCUT2D eigenvalue weighted by atomic mass is 9.81. The van der Waals surface area contributed by atoms with E-state index in [2.05, 4.69) is 72.2 Å². The number of halogens is 1. The Morgan fingerprint density at radius 1 is 1.21 bits per heavy atom. The summed E-state index contributed by atoms with van der Waals surface area (Å²) in [6.45, 7) is 11.3. The number of H-pyrrole nitrogens is 1. The van der Waals surface area contributed by atoms with Gasteiger partial charge in [0.25, 0.3) is 0 Å². The maximum absolute atomic E-state index is 5.53. The third-order valence-electron chi connectivity index (χ3n) is 3.21. The van der Waals surface area contributed by atoms with Gasteiger partial charge in [0.1, 0.15) is 0 Å². The molecule has 19 heavy (non-hydrogen) atoms. The molecule has 2 nitrogen and oxygen atoms in total. The molecule has 1 aromatic heterocycles. The quantitative estimate of drug-likeness (QED) is 0.702. The van der Waals surface area contributed by atoms with E-state index in [1.165, 1.54) is 0 Å². The Labute approximate surface area is 128 Å². The van der Waals surface area contributed by atoms with Crippen LogP contribution in [0, 0.1) is 10.2 Å². The Balaban J connectivity index is 2.64. The topological polar surface area (TPSA) is 20.7 Å². The number of hydrogen-bond acceptors (Lipinski definition) is 1. The molecule has 0 aliphatic heterocycles. The van der Waals surface area contributed by atoms with Gasteiger partial charge in [-0.2, -0.15) is 0 Å². The predicted octanol–water partition coefficient (Wildman–Crippen LogP) is 5.63. The first-order valence-electron chi connectivity index (χ1n) is 6.51. The summed E-state index contributed by atoms with van der Waals surface area (Å²) in [5, 5.41) is 0. The molecular formula is C15H21BrN2S. The third-order valence-corrected chi connectivity index (χ3v) is 3.99. The second-order valence-corrected chi connectivity index (χ2v) is 8.28. The van der Waals surface area contributed by atoms with E-state index in [0.29, 0.717) is 0 Å². The van der Waals surface area contributed by atoms with Crippen LogP contribution >= 0.6 is 28.1 Å². The molecule has 0 unspecified atom stereocenters. The van der Waals surface area contributed by atoms with E-state index in [1.807, 2.05) is 6.07 Å².